The van der Waals surface area contributed by atoms with E-state index in [1.165, 1.54) is 76.7 Å². The number of fused-ring (bicyclic) bond motifs is 6. The first-order valence-electron chi connectivity index (χ1n) is 19.9. The molecular formula is C56H38N2. The van der Waals surface area contributed by atoms with Crippen LogP contribution in [0.4, 0.5) is 17.1 Å². The van der Waals surface area contributed by atoms with Crippen LogP contribution in [0.25, 0.3) is 82.4 Å². The quantitative estimate of drug-likeness (QED) is 0.158. The van der Waals surface area contributed by atoms with Crippen LogP contribution in [-0.4, -0.2) is 4.57 Å². The zero-order valence-corrected chi connectivity index (χ0v) is 31.8. The Hall–Kier alpha value is -7.68. The van der Waals surface area contributed by atoms with Gasteiger partial charge in [-0.2, -0.15) is 0 Å². The van der Waals surface area contributed by atoms with Gasteiger partial charge in [-0.05, 0) is 92.7 Å². The van der Waals surface area contributed by atoms with Crippen molar-refractivity contribution in [3.05, 3.63) is 231 Å². The molecule has 0 unspecified atom stereocenters. The molecule has 0 aliphatic rings. The van der Waals surface area contributed by atoms with Gasteiger partial charge in [0.2, 0.25) is 0 Å². The van der Waals surface area contributed by atoms with Gasteiger partial charge in [0.05, 0.1) is 22.4 Å². The molecule has 0 spiro atoms. The van der Waals surface area contributed by atoms with Gasteiger partial charge < -0.3 is 9.47 Å². The molecule has 11 rings (SSSR count). The summed E-state index contributed by atoms with van der Waals surface area (Å²) >= 11 is 0. The number of hydrogen-bond acceptors (Lipinski definition) is 1. The second kappa shape index (κ2) is 14.1. The summed E-state index contributed by atoms with van der Waals surface area (Å²) in [5.74, 6) is 0. The number of hydrogen-bond donors (Lipinski definition) is 0. The van der Waals surface area contributed by atoms with E-state index in [9.17, 15) is 0 Å². The van der Waals surface area contributed by atoms with Crippen LogP contribution in [0.1, 0.15) is 0 Å². The summed E-state index contributed by atoms with van der Waals surface area (Å²) in [5, 5.41) is 7.41. The van der Waals surface area contributed by atoms with E-state index < -0.39 is 0 Å². The SMILES string of the molecule is c1ccc(-c2ccc(N(c3ccc(-c4ccccc4)cc3)c3cccc4c(-n5c6ccccc6c6c7c(-c8ccccc8)cccc7ccc65)cccc34)cc2)cc1. The number of rotatable bonds is 7. The third-order valence-electron chi connectivity index (χ3n) is 11.6. The first-order valence-corrected chi connectivity index (χ1v) is 19.9. The first kappa shape index (κ1) is 33.6. The van der Waals surface area contributed by atoms with Crippen molar-refractivity contribution in [2.24, 2.45) is 0 Å². The highest BCUT2D eigenvalue weighted by Gasteiger charge is 2.21. The third kappa shape index (κ3) is 5.66. The average Bonchev–Trinajstić information content (AvgIpc) is 3.64. The lowest BCUT2D eigenvalue weighted by Crippen LogP contribution is -2.10. The average molecular weight is 739 g/mol. The highest BCUT2D eigenvalue weighted by molar-refractivity contribution is 6.25. The molecule has 10 aromatic carbocycles. The van der Waals surface area contributed by atoms with Gasteiger partial charge in [-0.15, -0.1) is 0 Å². The van der Waals surface area contributed by atoms with Crippen LogP contribution in [0.3, 0.4) is 0 Å². The van der Waals surface area contributed by atoms with Crippen molar-refractivity contribution in [2.75, 3.05) is 4.90 Å². The van der Waals surface area contributed by atoms with Gasteiger partial charge in [0, 0.05) is 32.9 Å². The number of aromatic nitrogens is 1. The summed E-state index contributed by atoms with van der Waals surface area (Å²) in [6.45, 7) is 0. The van der Waals surface area contributed by atoms with Crippen LogP contribution in [-0.2, 0) is 0 Å². The van der Waals surface area contributed by atoms with E-state index in [2.05, 4.69) is 240 Å². The molecule has 0 amide bonds. The second-order valence-corrected chi connectivity index (χ2v) is 14.9. The molecule has 0 saturated heterocycles. The summed E-state index contributed by atoms with van der Waals surface area (Å²) < 4.78 is 2.48. The second-order valence-electron chi connectivity index (χ2n) is 14.9. The first-order chi connectivity index (χ1) is 28.8. The maximum atomic E-state index is 2.48. The highest BCUT2D eigenvalue weighted by Crippen LogP contribution is 2.45. The van der Waals surface area contributed by atoms with Crippen molar-refractivity contribution in [3.63, 3.8) is 0 Å². The molecule has 2 nitrogen and oxygen atoms in total. The Balaban J connectivity index is 1.13. The summed E-state index contributed by atoms with van der Waals surface area (Å²) in [4.78, 5) is 2.40. The maximum Gasteiger partial charge on any atom is 0.0548 e. The van der Waals surface area contributed by atoms with E-state index >= 15 is 0 Å². The predicted octanol–water partition coefficient (Wildman–Crippen LogP) is 15.6. The van der Waals surface area contributed by atoms with E-state index in [4.69, 9.17) is 0 Å². The Labute approximate surface area is 338 Å². The van der Waals surface area contributed by atoms with Gasteiger partial charge in [0.15, 0.2) is 0 Å². The fraction of sp³-hybridized carbons (Fsp3) is 0. The lowest BCUT2D eigenvalue weighted by Gasteiger charge is -2.28. The number of anilines is 3. The van der Waals surface area contributed by atoms with Crippen LogP contribution >= 0.6 is 0 Å². The predicted molar refractivity (Wildman–Crippen MR) is 247 cm³/mol. The molecule has 0 bridgehead atoms. The van der Waals surface area contributed by atoms with Crippen molar-refractivity contribution in [1.29, 1.82) is 0 Å². The summed E-state index contributed by atoms with van der Waals surface area (Å²) in [6, 6.07) is 83.6. The third-order valence-corrected chi connectivity index (χ3v) is 11.6. The normalized spacial score (nSPS) is 11.4. The molecule has 0 aliphatic heterocycles. The van der Waals surface area contributed by atoms with Crippen LogP contribution in [0.5, 0.6) is 0 Å². The van der Waals surface area contributed by atoms with Crippen LogP contribution in [0.2, 0.25) is 0 Å². The lowest BCUT2D eigenvalue weighted by molar-refractivity contribution is 1.20. The molecule has 0 aliphatic carbocycles. The molecule has 0 radical (unpaired) electrons. The smallest absolute Gasteiger partial charge is 0.0548 e. The number of benzene rings is 10. The molecular weight excluding hydrogens is 701 g/mol. The Morgan fingerprint density at radius 1 is 0.293 bits per heavy atom. The van der Waals surface area contributed by atoms with Crippen LogP contribution in [0, 0.1) is 0 Å². The Bertz CT molecular complexity index is 3150. The molecule has 2 heteroatoms. The fourth-order valence-electron chi connectivity index (χ4n) is 8.92. The summed E-state index contributed by atoms with van der Waals surface area (Å²) in [7, 11) is 0. The maximum absolute atomic E-state index is 2.48. The summed E-state index contributed by atoms with van der Waals surface area (Å²) in [5.41, 5.74) is 14.1. The monoisotopic (exact) mass is 738 g/mol. The zero-order chi connectivity index (χ0) is 38.4. The van der Waals surface area contributed by atoms with Crippen molar-refractivity contribution >= 4 is 60.4 Å². The van der Waals surface area contributed by atoms with Crippen molar-refractivity contribution in [1.82, 2.24) is 4.57 Å². The van der Waals surface area contributed by atoms with Crippen LogP contribution < -0.4 is 4.90 Å². The van der Waals surface area contributed by atoms with E-state index in [1.807, 2.05) is 0 Å². The van der Waals surface area contributed by atoms with Gasteiger partial charge >= 0.3 is 0 Å². The minimum atomic E-state index is 1.10. The zero-order valence-electron chi connectivity index (χ0n) is 31.8. The molecule has 0 fully saturated rings. The minimum Gasteiger partial charge on any atom is -0.310 e. The highest BCUT2D eigenvalue weighted by atomic mass is 15.1. The molecule has 0 N–H and O–H groups in total. The largest absolute Gasteiger partial charge is 0.310 e. The molecule has 0 atom stereocenters. The van der Waals surface area contributed by atoms with Crippen molar-refractivity contribution in [3.8, 4) is 39.1 Å². The van der Waals surface area contributed by atoms with E-state index in [1.54, 1.807) is 0 Å². The number of nitrogens with zero attached hydrogens (tertiary/aromatic N) is 2. The lowest BCUT2D eigenvalue weighted by atomic mass is 9.94. The van der Waals surface area contributed by atoms with Gasteiger partial charge in [0.25, 0.3) is 0 Å². The minimum absolute atomic E-state index is 1.10. The van der Waals surface area contributed by atoms with E-state index in [0.29, 0.717) is 0 Å². The Morgan fingerprint density at radius 3 is 1.47 bits per heavy atom. The summed E-state index contributed by atoms with van der Waals surface area (Å²) in [6.07, 6.45) is 0. The number of para-hydroxylation sites is 1. The Kier molecular flexibility index (Phi) is 8.19. The topological polar surface area (TPSA) is 8.17 Å². The molecule has 11 aromatic rings. The molecule has 1 heterocycles. The van der Waals surface area contributed by atoms with Crippen LogP contribution in [0.15, 0.2) is 231 Å². The molecule has 272 valence electrons. The standard InChI is InChI=1S/C56H38N2/c1-4-15-39(16-5-1)41-29-34-45(35-30-41)57(46-36-31-42(32-37-46)40-17-6-2-7-18-40)51-27-13-25-49-48(51)24-14-28-52(49)58-53-26-11-10-22-50(53)56-54(58)38-33-44-21-12-23-47(55(44)56)43-19-8-3-9-20-43/h1-38H. The van der Waals surface area contributed by atoms with Crippen molar-refractivity contribution < 1.29 is 0 Å². The van der Waals surface area contributed by atoms with Gasteiger partial charge in [0.1, 0.15) is 0 Å². The van der Waals surface area contributed by atoms with Crippen molar-refractivity contribution in [2.45, 2.75) is 0 Å². The van der Waals surface area contributed by atoms with Gasteiger partial charge in [-0.1, -0.05) is 182 Å². The van der Waals surface area contributed by atoms with Gasteiger partial charge in [-0.3, -0.25) is 0 Å². The molecule has 0 saturated carbocycles. The molecule has 58 heavy (non-hydrogen) atoms. The van der Waals surface area contributed by atoms with Gasteiger partial charge in [-0.25, -0.2) is 0 Å². The van der Waals surface area contributed by atoms with E-state index in [0.717, 1.165) is 22.7 Å². The fourth-order valence-corrected chi connectivity index (χ4v) is 8.92. The molecule has 1 aromatic heterocycles. The van der Waals surface area contributed by atoms with E-state index in [-0.39, 0.29) is 0 Å². The Morgan fingerprint density at radius 2 is 0.810 bits per heavy atom.